The van der Waals surface area contributed by atoms with Crippen molar-refractivity contribution in [3.63, 3.8) is 0 Å². The SMILES string of the molecule is CC1(c2cccnc2)NC(=O)N(CCOc2ccc(N)cc2)C1=O. The number of anilines is 1. The molecule has 2 aromatic rings. The van der Waals surface area contributed by atoms with Crippen molar-refractivity contribution in [3.8, 4) is 5.75 Å². The number of nitrogen functional groups attached to an aromatic ring is 1. The number of nitrogens with zero attached hydrogens (tertiary/aromatic N) is 2. The number of urea groups is 1. The lowest BCUT2D eigenvalue weighted by Gasteiger charge is -2.21. The van der Waals surface area contributed by atoms with E-state index in [-0.39, 0.29) is 19.1 Å². The molecule has 1 aromatic carbocycles. The highest BCUT2D eigenvalue weighted by atomic mass is 16.5. The third-order valence-corrected chi connectivity index (χ3v) is 3.98. The van der Waals surface area contributed by atoms with E-state index < -0.39 is 11.6 Å². The number of aromatic nitrogens is 1. The van der Waals surface area contributed by atoms with Gasteiger partial charge < -0.3 is 15.8 Å². The molecule has 1 saturated heterocycles. The van der Waals surface area contributed by atoms with Crippen LogP contribution in [-0.4, -0.2) is 35.0 Å². The molecule has 7 heteroatoms. The van der Waals surface area contributed by atoms with Crippen LogP contribution in [0.4, 0.5) is 10.5 Å². The quantitative estimate of drug-likeness (QED) is 0.641. The summed E-state index contributed by atoms with van der Waals surface area (Å²) in [5.41, 5.74) is 5.79. The van der Waals surface area contributed by atoms with Crippen molar-refractivity contribution in [1.82, 2.24) is 15.2 Å². The van der Waals surface area contributed by atoms with Gasteiger partial charge in [0.1, 0.15) is 17.9 Å². The number of imide groups is 1. The lowest BCUT2D eigenvalue weighted by atomic mass is 9.94. The highest BCUT2D eigenvalue weighted by molar-refractivity contribution is 6.07. The number of hydrogen-bond donors (Lipinski definition) is 2. The number of pyridine rings is 1. The summed E-state index contributed by atoms with van der Waals surface area (Å²) < 4.78 is 5.55. The van der Waals surface area contributed by atoms with E-state index >= 15 is 0 Å². The number of carbonyl (C=O) groups excluding carboxylic acids is 2. The van der Waals surface area contributed by atoms with Crippen LogP contribution in [0.15, 0.2) is 48.8 Å². The van der Waals surface area contributed by atoms with Gasteiger partial charge in [0, 0.05) is 23.6 Å². The van der Waals surface area contributed by atoms with Gasteiger partial charge in [-0.2, -0.15) is 0 Å². The molecule has 0 saturated carbocycles. The van der Waals surface area contributed by atoms with Gasteiger partial charge in [-0.3, -0.25) is 14.7 Å². The van der Waals surface area contributed by atoms with Crippen molar-refractivity contribution >= 4 is 17.6 Å². The highest BCUT2D eigenvalue weighted by Crippen LogP contribution is 2.28. The monoisotopic (exact) mass is 326 g/mol. The normalized spacial score (nSPS) is 20.1. The average molecular weight is 326 g/mol. The van der Waals surface area contributed by atoms with Crippen LogP contribution in [0, 0.1) is 0 Å². The maximum atomic E-state index is 12.7. The van der Waals surface area contributed by atoms with Gasteiger partial charge >= 0.3 is 6.03 Å². The molecule has 2 heterocycles. The molecular weight excluding hydrogens is 308 g/mol. The third kappa shape index (κ3) is 2.88. The number of nitrogens with one attached hydrogen (secondary N) is 1. The molecule has 1 aromatic heterocycles. The fourth-order valence-corrected chi connectivity index (χ4v) is 2.57. The van der Waals surface area contributed by atoms with E-state index in [1.807, 2.05) is 0 Å². The second kappa shape index (κ2) is 6.19. The first-order valence-electron chi connectivity index (χ1n) is 7.53. The van der Waals surface area contributed by atoms with Gasteiger partial charge in [0.2, 0.25) is 0 Å². The number of rotatable bonds is 5. The van der Waals surface area contributed by atoms with Crippen LogP contribution in [0.1, 0.15) is 12.5 Å². The third-order valence-electron chi connectivity index (χ3n) is 3.98. The van der Waals surface area contributed by atoms with Crippen LogP contribution < -0.4 is 15.8 Å². The largest absolute Gasteiger partial charge is 0.492 e. The number of benzene rings is 1. The zero-order valence-corrected chi connectivity index (χ0v) is 13.2. The summed E-state index contributed by atoms with van der Waals surface area (Å²) in [5, 5.41) is 2.73. The maximum Gasteiger partial charge on any atom is 0.325 e. The average Bonchev–Trinajstić information content (AvgIpc) is 2.81. The number of hydrogen-bond acceptors (Lipinski definition) is 5. The van der Waals surface area contributed by atoms with E-state index in [4.69, 9.17) is 10.5 Å². The Labute approximate surface area is 139 Å². The summed E-state index contributed by atoms with van der Waals surface area (Å²) in [5.74, 6) is 0.313. The van der Waals surface area contributed by atoms with Crippen LogP contribution in [0.3, 0.4) is 0 Å². The van der Waals surface area contributed by atoms with Crippen molar-refractivity contribution < 1.29 is 14.3 Å². The van der Waals surface area contributed by atoms with Gasteiger partial charge in [-0.15, -0.1) is 0 Å². The Morgan fingerprint density at radius 3 is 2.67 bits per heavy atom. The number of nitrogens with two attached hydrogens (primary N) is 1. The number of carbonyl (C=O) groups is 2. The van der Waals surface area contributed by atoms with E-state index in [0.29, 0.717) is 17.0 Å². The molecule has 1 unspecified atom stereocenters. The number of ether oxygens (including phenoxy) is 1. The van der Waals surface area contributed by atoms with Crippen molar-refractivity contribution in [2.45, 2.75) is 12.5 Å². The molecule has 1 aliphatic heterocycles. The molecule has 124 valence electrons. The first-order valence-corrected chi connectivity index (χ1v) is 7.53. The predicted molar refractivity (Wildman–Crippen MR) is 88.2 cm³/mol. The minimum Gasteiger partial charge on any atom is -0.492 e. The molecule has 0 bridgehead atoms. The molecule has 3 N–H and O–H groups in total. The summed E-state index contributed by atoms with van der Waals surface area (Å²) >= 11 is 0. The second-order valence-electron chi connectivity index (χ2n) is 5.67. The molecule has 0 radical (unpaired) electrons. The van der Waals surface area contributed by atoms with Gasteiger partial charge in [0.25, 0.3) is 5.91 Å². The van der Waals surface area contributed by atoms with Gasteiger partial charge in [-0.1, -0.05) is 6.07 Å². The lowest BCUT2D eigenvalue weighted by Crippen LogP contribution is -2.41. The fraction of sp³-hybridized carbons (Fsp3) is 0.235. The molecule has 1 aliphatic rings. The maximum absolute atomic E-state index is 12.7. The molecule has 7 nitrogen and oxygen atoms in total. The van der Waals surface area contributed by atoms with Crippen molar-refractivity contribution in [1.29, 1.82) is 0 Å². The summed E-state index contributed by atoms with van der Waals surface area (Å²) in [6.45, 7) is 2.03. The van der Waals surface area contributed by atoms with Gasteiger partial charge in [-0.25, -0.2) is 4.79 Å². The second-order valence-corrected chi connectivity index (χ2v) is 5.67. The first-order chi connectivity index (χ1) is 11.5. The molecule has 0 aliphatic carbocycles. The molecule has 24 heavy (non-hydrogen) atoms. The minimum atomic E-state index is -1.10. The smallest absolute Gasteiger partial charge is 0.325 e. The Bertz CT molecular complexity index is 748. The molecular formula is C17H18N4O3. The Morgan fingerprint density at radius 2 is 2.00 bits per heavy atom. The Morgan fingerprint density at radius 1 is 1.25 bits per heavy atom. The standard InChI is InChI=1S/C17H18N4O3/c1-17(12-3-2-8-19-11-12)15(22)21(16(23)20-17)9-10-24-14-6-4-13(18)5-7-14/h2-8,11H,9-10,18H2,1H3,(H,20,23). The van der Waals surface area contributed by atoms with Crippen LogP contribution >= 0.6 is 0 Å². The Hall–Kier alpha value is -3.09. The minimum absolute atomic E-state index is 0.158. The highest BCUT2D eigenvalue weighted by Gasteiger charge is 2.48. The van der Waals surface area contributed by atoms with Crippen LogP contribution in [-0.2, 0) is 10.3 Å². The fourth-order valence-electron chi connectivity index (χ4n) is 2.57. The van der Waals surface area contributed by atoms with E-state index in [1.165, 1.54) is 0 Å². The van der Waals surface area contributed by atoms with Crippen LogP contribution in [0.25, 0.3) is 0 Å². The molecule has 3 amide bonds. The predicted octanol–water partition coefficient (Wildman–Crippen LogP) is 1.51. The van der Waals surface area contributed by atoms with Crippen LogP contribution in [0.2, 0.25) is 0 Å². The summed E-state index contributed by atoms with van der Waals surface area (Å²) in [6, 6.07) is 9.98. The molecule has 1 atom stereocenters. The van der Waals surface area contributed by atoms with Crippen LogP contribution in [0.5, 0.6) is 5.75 Å². The summed E-state index contributed by atoms with van der Waals surface area (Å²) in [7, 11) is 0. The molecule has 1 fully saturated rings. The Balaban J connectivity index is 1.65. The zero-order valence-electron chi connectivity index (χ0n) is 13.2. The van der Waals surface area contributed by atoms with Gasteiger partial charge in [-0.05, 0) is 37.3 Å². The molecule has 0 spiro atoms. The first kappa shape index (κ1) is 15.8. The van der Waals surface area contributed by atoms with E-state index in [0.717, 1.165) is 4.90 Å². The summed E-state index contributed by atoms with van der Waals surface area (Å²) in [4.78, 5) is 30.0. The molecule has 3 rings (SSSR count). The topological polar surface area (TPSA) is 97.6 Å². The van der Waals surface area contributed by atoms with E-state index in [2.05, 4.69) is 10.3 Å². The Kier molecular flexibility index (Phi) is 4.07. The lowest BCUT2D eigenvalue weighted by molar-refractivity contribution is -0.131. The van der Waals surface area contributed by atoms with Gasteiger partial charge in [0.05, 0.1) is 6.54 Å². The van der Waals surface area contributed by atoms with Crippen molar-refractivity contribution in [3.05, 3.63) is 54.4 Å². The summed E-state index contributed by atoms with van der Waals surface area (Å²) in [6.07, 6.45) is 3.19. The van der Waals surface area contributed by atoms with Crippen molar-refractivity contribution in [2.75, 3.05) is 18.9 Å². The van der Waals surface area contributed by atoms with Crippen molar-refractivity contribution in [2.24, 2.45) is 0 Å². The zero-order chi connectivity index (χ0) is 17.2. The van der Waals surface area contributed by atoms with E-state index in [1.54, 1.807) is 55.7 Å². The number of amides is 3. The van der Waals surface area contributed by atoms with Gasteiger partial charge in [0.15, 0.2) is 0 Å². The van der Waals surface area contributed by atoms with E-state index in [9.17, 15) is 9.59 Å².